The molecule has 0 atom stereocenters. The molecule has 0 aliphatic carbocycles. The molecule has 0 amide bonds. The number of hydrogen-bond acceptors (Lipinski definition) is 4. The van der Waals surface area contributed by atoms with Crippen molar-refractivity contribution >= 4 is 34.0 Å². The Morgan fingerprint density at radius 1 is 1.11 bits per heavy atom. The zero-order valence-corrected chi connectivity index (χ0v) is 16.0. The van der Waals surface area contributed by atoms with Gasteiger partial charge in [-0.1, -0.05) is 17.7 Å². The van der Waals surface area contributed by atoms with Crippen LogP contribution in [0.15, 0.2) is 42.9 Å². The van der Waals surface area contributed by atoms with E-state index in [1.165, 1.54) is 23.6 Å². The number of fused-ring (bicyclic) bond motifs is 1. The van der Waals surface area contributed by atoms with Crippen molar-refractivity contribution in [2.75, 3.05) is 0 Å². The zero-order valence-electron chi connectivity index (χ0n) is 14.4. The summed E-state index contributed by atoms with van der Waals surface area (Å²) in [5.41, 5.74) is 1.76. The van der Waals surface area contributed by atoms with Gasteiger partial charge in [0.05, 0.1) is 5.01 Å². The summed E-state index contributed by atoms with van der Waals surface area (Å²) in [6.45, 7) is 0. The number of nitrogens with one attached hydrogen (secondary N) is 1. The molecule has 144 valence electrons. The van der Waals surface area contributed by atoms with E-state index in [4.69, 9.17) is 11.6 Å². The molecule has 0 aliphatic heterocycles. The minimum absolute atomic E-state index is 0.462. The van der Waals surface area contributed by atoms with Crippen LogP contribution in [0, 0.1) is 0 Å². The number of hydrogen-bond donors (Lipinski definition) is 1. The maximum absolute atomic E-state index is 12.6. The third kappa shape index (κ3) is 4.02. The number of pyridine rings is 2. The maximum atomic E-state index is 12.6. The predicted molar refractivity (Wildman–Crippen MR) is 103 cm³/mol. The molecule has 1 N–H and O–H groups in total. The Hall–Kier alpha value is -2.45. The van der Waals surface area contributed by atoms with E-state index in [1.807, 2.05) is 18.3 Å². The molecule has 28 heavy (non-hydrogen) atoms. The number of aromatic nitrogens is 4. The number of nitrogens with zero attached hydrogens (tertiary/aromatic N) is 3. The number of aromatic amines is 1. The molecule has 0 aromatic carbocycles. The fraction of sp³-hybridized carbons (Fsp3) is 0.211. The van der Waals surface area contributed by atoms with Crippen molar-refractivity contribution in [3.63, 3.8) is 0 Å². The SMILES string of the molecule is FC(F)(F)c1ccc(CCc2nc(Cl)c(Cc3c[nH]c4ncccc34)s2)cn1. The third-order valence-electron chi connectivity index (χ3n) is 4.32. The van der Waals surface area contributed by atoms with E-state index < -0.39 is 11.9 Å². The lowest BCUT2D eigenvalue weighted by Crippen LogP contribution is -2.07. The summed E-state index contributed by atoms with van der Waals surface area (Å²) in [6, 6.07) is 6.34. The van der Waals surface area contributed by atoms with Gasteiger partial charge in [-0.3, -0.25) is 4.98 Å². The summed E-state index contributed by atoms with van der Waals surface area (Å²) >= 11 is 7.82. The summed E-state index contributed by atoms with van der Waals surface area (Å²) in [5.74, 6) is 0. The van der Waals surface area contributed by atoms with Crippen LogP contribution in [0.3, 0.4) is 0 Å². The molecule has 0 radical (unpaired) electrons. The van der Waals surface area contributed by atoms with Crippen LogP contribution in [0.25, 0.3) is 11.0 Å². The van der Waals surface area contributed by atoms with Gasteiger partial charge in [-0.25, -0.2) is 9.97 Å². The van der Waals surface area contributed by atoms with Crippen LogP contribution in [-0.2, 0) is 25.4 Å². The molecule has 4 nitrogen and oxygen atoms in total. The van der Waals surface area contributed by atoms with Gasteiger partial charge < -0.3 is 4.98 Å². The first-order valence-corrected chi connectivity index (χ1v) is 9.67. The average molecular weight is 423 g/mol. The molecule has 0 aliphatic rings. The first-order valence-electron chi connectivity index (χ1n) is 8.47. The summed E-state index contributed by atoms with van der Waals surface area (Å²) in [5, 5.41) is 2.35. The van der Waals surface area contributed by atoms with Crippen molar-refractivity contribution in [2.24, 2.45) is 0 Å². The van der Waals surface area contributed by atoms with Gasteiger partial charge in [0, 0.05) is 41.7 Å². The standard InChI is InChI=1S/C19H14ClF3N4S/c20-17-14(8-12-10-26-18-13(12)2-1-7-24-18)28-16(27-17)6-4-11-3-5-15(25-9-11)19(21,22)23/h1-3,5,7,9-10H,4,6,8H2,(H,24,26). The lowest BCUT2D eigenvalue weighted by Gasteiger charge is -2.06. The van der Waals surface area contributed by atoms with Gasteiger partial charge >= 0.3 is 6.18 Å². The average Bonchev–Trinajstić information content (AvgIpc) is 3.24. The smallest absolute Gasteiger partial charge is 0.346 e. The number of thiazole rings is 1. The van der Waals surface area contributed by atoms with Crippen molar-refractivity contribution in [2.45, 2.75) is 25.4 Å². The van der Waals surface area contributed by atoms with Crippen LogP contribution < -0.4 is 0 Å². The first-order chi connectivity index (χ1) is 13.4. The summed E-state index contributed by atoms with van der Waals surface area (Å²) in [6.07, 6.45) is 2.27. The van der Waals surface area contributed by atoms with Crippen molar-refractivity contribution < 1.29 is 13.2 Å². The quantitative estimate of drug-likeness (QED) is 0.464. The molecule has 0 saturated heterocycles. The van der Waals surface area contributed by atoms with E-state index in [0.717, 1.165) is 38.1 Å². The normalized spacial score (nSPS) is 12.0. The Kier molecular flexibility index (Phi) is 5.07. The molecule has 4 rings (SSSR count). The van der Waals surface area contributed by atoms with E-state index in [2.05, 4.69) is 19.9 Å². The zero-order chi connectivity index (χ0) is 19.7. The first kappa shape index (κ1) is 18.9. The topological polar surface area (TPSA) is 54.5 Å². The second kappa shape index (κ2) is 7.52. The Balaban J connectivity index is 1.44. The van der Waals surface area contributed by atoms with E-state index in [9.17, 15) is 13.2 Å². The van der Waals surface area contributed by atoms with Gasteiger partial charge in [-0.15, -0.1) is 11.3 Å². The van der Waals surface area contributed by atoms with Crippen LogP contribution in [0.1, 0.15) is 26.7 Å². The molecule has 4 aromatic heterocycles. The molecule has 0 unspecified atom stereocenters. The molecular weight excluding hydrogens is 409 g/mol. The molecule has 0 fully saturated rings. The van der Waals surface area contributed by atoms with Crippen molar-refractivity contribution in [3.8, 4) is 0 Å². The Morgan fingerprint density at radius 3 is 2.71 bits per heavy atom. The number of halogens is 4. The van der Waals surface area contributed by atoms with E-state index in [0.29, 0.717) is 24.4 Å². The summed E-state index contributed by atoms with van der Waals surface area (Å²) < 4.78 is 37.7. The highest BCUT2D eigenvalue weighted by atomic mass is 35.5. The largest absolute Gasteiger partial charge is 0.433 e. The van der Waals surface area contributed by atoms with Gasteiger partial charge in [-0.05, 0) is 35.7 Å². The number of H-pyrrole nitrogens is 1. The highest BCUT2D eigenvalue weighted by molar-refractivity contribution is 7.12. The molecule has 0 saturated carbocycles. The van der Waals surface area contributed by atoms with Crippen molar-refractivity contribution in [1.82, 2.24) is 19.9 Å². The Bertz CT molecular complexity index is 1100. The van der Waals surface area contributed by atoms with Crippen LogP contribution in [0.5, 0.6) is 0 Å². The second-order valence-electron chi connectivity index (χ2n) is 6.26. The highest BCUT2D eigenvalue weighted by Gasteiger charge is 2.31. The lowest BCUT2D eigenvalue weighted by atomic mass is 10.1. The Morgan fingerprint density at radius 2 is 1.96 bits per heavy atom. The minimum atomic E-state index is -4.42. The van der Waals surface area contributed by atoms with Crippen LogP contribution in [-0.4, -0.2) is 19.9 Å². The molecule has 4 heterocycles. The fourth-order valence-corrected chi connectivity index (χ4v) is 4.24. The number of alkyl halides is 3. The van der Waals surface area contributed by atoms with Gasteiger partial charge in [0.2, 0.25) is 0 Å². The number of aryl methyl sites for hydroxylation is 2. The van der Waals surface area contributed by atoms with Gasteiger partial charge in [-0.2, -0.15) is 13.2 Å². The van der Waals surface area contributed by atoms with Gasteiger partial charge in [0.15, 0.2) is 0 Å². The lowest BCUT2D eigenvalue weighted by molar-refractivity contribution is -0.141. The van der Waals surface area contributed by atoms with Crippen molar-refractivity contribution in [3.05, 3.63) is 74.7 Å². The van der Waals surface area contributed by atoms with E-state index >= 15 is 0 Å². The maximum Gasteiger partial charge on any atom is 0.433 e. The van der Waals surface area contributed by atoms with Crippen LogP contribution in [0.2, 0.25) is 5.15 Å². The molecule has 0 bridgehead atoms. The molecule has 0 spiro atoms. The summed E-state index contributed by atoms with van der Waals surface area (Å²) in [4.78, 5) is 16.3. The molecule has 9 heteroatoms. The fourth-order valence-electron chi connectivity index (χ4n) is 2.92. The van der Waals surface area contributed by atoms with Gasteiger partial charge in [0.25, 0.3) is 0 Å². The molecule has 4 aromatic rings. The summed E-state index contributed by atoms with van der Waals surface area (Å²) in [7, 11) is 0. The van der Waals surface area contributed by atoms with Crippen LogP contribution in [0.4, 0.5) is 13.2 Å². The van der Waals surface area contributed by atoms with E-state index in [1.54, 1.807) is 6.20 Å². The minimum Gasteiger partial charge on any atom is -0.346 e. The van der Waals surface area contributed by atoms with Crippen molar-refractivity contribution in [1.29, 1.82) is 0 Å². The molecular formula is C19H14ClF3N4S. The number of rotatable bonds is 5. The monoisotopic (exact) mass is 422 g/mol. The van der Waals surface area contributed by atoms with Crippen LogP contribution >= 0.6 is 22.9 Å². The van der Waals surface area contributed by atoms with E-state index in [-0.39, 0.29) is 0 Å². The predicted octanol–water partition coefficient (Wildman–Crippen LogP) is 5.46. The Labute approximate surface area is 167 Å². The highest BCUT2D eigenvalue weighted by Crippen LogP contribution is 2.30. The second-order valence-corrected chi connectivity index (χ2v) is 7.79. The third-order valence-corrected chi connectivity index (χ3v) is 5.86. The van der Waals surface area contributed by atoms with Gasteiger partial charge in [0.1, 0.15) is 16.5 Å².